The second-order valence-corrected chi connectivity index (χ2v) is 4.04. The van der Waals surface area contributed by atoms with Gasteiger partial charge in [-0.2, -0.15) is 0 Å². The van der Waals surface area contributed by atoms with Crippen LogP contribution in [0.4, 0.5) is 0 Å². The van der Waals surface area contributed by atoms with Crippen LogP contribution in [0.2, 0.25) is 0 Å². The lowest BCUT2D eigenvalue weighted by Gasteiger charge is -2.26. The fourth-order valence-corrected chi connectivity index (χ4v) is 2.08. The maximum atomic E-state index is 10.3. The zero-order chi connectivity index (χ0) is 10.6. The number of hydrogen-bond donors (Lipinski definition) is 2. The van der Waals surface area contributed by atoms with E-state index in [0.29, 0.717) is 6.42 Å². The van der Waals surface area contributed by atoms with E-state index in [9.17, 15) is 9.90 Å². The number of aliphatic carboxylic acids is 1. The Morgan fingerprint density at radius 3 is 2.71 bits per heavy atom. The molecule has 14 heavy (non-hydrogen) atoms. The van der Waals surface area contributed by atoms with Crippen LogP contribution in [0.1, 0.15) is 32.1 Å². The molecular weight excluding hydrogens is 182 g/mol. The highest BCUT2D eigenvalue weighted by atomic mass is 16.4. The van der Waals surface area contributed by atoms with Crippen molar-refractivity contribution in [2.24, 2.45) is 0 Å². The van der Waals surface area contributed by atoms with E-state index in [4.69, 9.17) is 5.11 Å². The third-order valence-corrected chi connectivity index (χ3v) is 2.91. The summed E-state index contributed by atoms with van der Waals surface area (Å²) in [5.74, 6) is -0.745. The van der Waals surface area contributed by atoms with Crippen molar-refractivity contribution in [3.05, 3.63) is 0 Å². The van der Waals surface area contributed by atoms with Crippen molar-refractivity contribution in [1.29, 1.82) is 0 Å². The summed E-state index contributed by atoms with van der Waals surface area (Å²) in [6.07, 6.45) is 3.65. The molecule has 1 rings (SSSR count). The van der Waals surface area contributed by atoms with Crippen molar-refractivity contribution in [2.45, 2.75) is 44.2 Å². The van der Waals surface area contributed by atoms with Crippen LogP contribution >= 0.6 is 0 Å². The van der Waals surface area contributed by atoms with Gasteiger partial charge < -0.3 is 15.1 Å². The van der Waals surface area contributed by atoms with Crippen molar-refractivity contribution in [1.82, 2.24) is 4.90 Å². The minimum atomic E-state index is -0.745. The molecule has 82 valence electrons. The van der Waals surface area contributed by atoms with Gasteiger partial charge in [-0.25, -0.2) is 0 Å². The van der Waals surface area contributed by atoms with Crippen LogP contribution in [-0.2, 0) is 4.79 Å². The summed E-state index contributed by atoms with van der Waals surface area (Å²) < 4.78 is 0. The Morgan fingerprint density at radius 2 is 2.21 bits per heavy atom. The number of carboxylic acid groups (broad SMARTS) is 1. The number of aliphatic hydroxyl groups excluding tert-OH is 1. The quantitative estimate of drug-likeness (QED) is 0.687. The van der Waals surface area contributed by atoms with E-state index in [2.05, 4.69) is 4.90 Å². The summed E-state index contributed by atoms with van der Waals surface area (Å²) in [4.78, 5) is 12.4. The first kappa shape index (κ1) is 11.5. The van der Waals surface area contributed by atoms with E-state index in [1.165, 1.54) is 0 Å². The molecule has 0 heterocycles. The minimum Gasteiger partial charge on any atom is -0.481 e. The second-order valence-electron chi connectivity index (χ2n) is 4.04. The number of carbonyl (C=O) groups is 1. The number of likely N-dealkylation sites (N-methyl/N-ethyl adjacent to an activating group) is 1. The van der Waals surface area contributed by atoms with Crippen molar-refractivity contribution >= 4 is 5.97 Å². The SMILES string of the molecule is CN(CCCC(=O)O)C1CCCC1O. The first-order valence-corrected chi connectivity index (χ1v) is 5.21. The Balaban J connectivity index is 2.20. The molecule has 0 amide bonds. The zero-order valence-corrected chi connectivity index (χ0v) is 8.65. The highest BCUT2D eigenvalue weighted by Gasteiger charge is 2.28. The fourth-order valence-electron chi connectivity index (χ4n) is 2.08. The third kappa shape index (κ3) is 3.27. The predicted octanol–water partition coefficient (Wildman–Crippen LogP) is 0.696. The topological polar surface area (TPSA) is 60.8 Å². The van der Waals surface area contributed by atoms with E-state index in [1.807, 2.05) is 7.05 Å². The van der Waals surface area contributed by atoms with Gasteiger partial charge in [0.1, 0.15) is 0 Å². The molecule has 2 atom stereocenters. The Morgan fingerprint density at radius 1 is 1.50 bits per heavy atom. The molecule has 0 spiro atoms. The lowest BCUT2D eigenvalue weighted by Crippen LogP contribution is -2.38. The lowest BCUT2D eigenvalue weighted by atomic mass is 10.1. The molecule has 0 saturated heterocycles. The smallest absolute Gasteiger partial charge is 0.303 e. The number of carboxylic acids is 1. The Hall–Kier alpha value is -0.610. The van der Waals surface area contributed by atoms with Crippen LogP contribution in [0.3, 0.4) is 0 Å². The van der Waals surface area contributed by atoms with Gasteiger partial charge in [-0.1, -0.05) is 0 Å². The molecule has 0 aromatic rings. The van der Waals surface area contributed by atoms with Crippen LogP contribution in [-0.4, -0.2) is 46.8 Å². The molecule has 0 aromatic heterocycles. The summed E-state index contributed by atoms with van der Waals surface area (Å²) in [5, 5.41) is 18.1. The highest BCUT2D eigenvalue weighted by Crippen LogP contribution is 2.23. The number of aliphatic hydroxyl groups is 1. The van der Waals surface area contributed by atoms with Crippen LogP contribution in [0.5, 0.6) is 0 Å². The molecule has 0 aliphatic heterocycles. The maximum Gasteiger partial charge on any atom is 0.303 e. The van der Waals surface area contributed by atoms with Gasteiger partial charge in [-0.15, -0.1) is 0 Å². The molecule has 4 heteroatoms. The number of rotatable bonds is 5. The van der Waals surface area contributed by atoms with Crippen molar-refractivity contribution in [2.75, 3.05) is 13.6 Å². The van der Waals surface area contributed by atoms with Crippen LogP contribution < -0.4 is 0 Å². The predicted molar refractivity (Wildman–Crippen MR) is 53.1 cm³/mol. The lowest BCUT2D eigenvalue weighted by molar-refractivity contribution is -0.137. The molecule has 1 fully saturated rings. The largest absolute Gasteiger partial charge is 0.481 e. The summed E-state index contributed by atoms with van der Waals surface area (Å²) >= 11 is 0. The number of nitrogens with zero attached hydrogens (tertiary/aromatic N) is 1. The molecule has 1 saturated carbocycles. The first-order chi connectivity index (χ1) is 6.61. The van der Waals surface area contributed by atoms with Gasteiger partial charge in [-0.05, 0) is 39.3 Å². The average molecular weight is 201 g/mol. The zero-order valence-electron chi connectivity index (χ0n) is 8.65. The van der Waals surface area contributed by atoms with Crippen LogP contribution in [0.15, 0.2) is 0 Å². The normalized spacial score (nSPS) is 27.1. The first-order valence-electron chi connectivity index (χ1n) is 5.21. The van der Waals surface area contributed by atoms with E-state index in [0.717, 1.165) is 25.8 Å². The molecule has 2 unspecified atom stereocenters. The number of hydrogen-bond acceptors (Lipinski definition) is 3. The van der Waals surface area contributed by atoms with E-state index < -0.39 is 5.97 Å². The monoisotopic (exact) mass is 201 g/mol. The summed E-state index contributed by atoms with van der Waals surface area (Å²) in [6, 6.07) is 0.240. The van der Waals surface area contributed by atoms with E-state index in [1.54, 1.807) is 0 Å². The standard InChI is InChI=1S/C10H19NO3/c1-11(7-3-6-10(13)14)8-4-2-5-9(8)12/h8-9,12H,2-7H2,1H3,(H,13,14). The molecule has 0 bridgehead atoms. The van der Waals surface area contributed by atoms with Crippen molar-refractivity contribution in [3.63, 3.8) is 0 Å². The van der Waals surface area contributed by atoms with Gasteiger partial charge in [0.2, 0.25) is 0 Å². The molecule has 0 aromatic carbocycles. The highest BCUT2D eigenvalue weighted by molar-refractivity contribution is 5.66. The van der Waals surface area contributed by atoms with Crippen LogP contribution in [0, 0.1) is 0 Å². The van der Waals surface area contributed by atoms with Gasteiger partial charge >= 0.3 is 5.97 Å². The minimum absolute atomic E-state index is 0.215. The molecule has 1 aliphatic rings. The molecule has 1 aliphatic carbocycles. The van der Waals surface area contributed by atoms with Gasteiger partial charge in [-0.3, -0.25) is 4.79 Å². The van der Waals surface area contributed by atoms with Gasteiger partial charge in [0.15, 0.2) is 0 Å². The molecule has 4 nitrogen and oxygen atoms in total. The van der Waals surface area contributed by atoms with Gasteiger partial charge in [0.25, 0.3) is 0 Å². The average Bonchev–Trinajstić information content (AvgIpc) is 2.50. The summed E-state index contributed by atoms with van der Waals surface area (Å²) in [6.45, 7) is 0.758. The molecule has 2 N–H and O–H groups in total. The van der Waals surface area contributed by atoms with E-state index in [-0.39, 0.29) is 18.6 Å². The Kier molecular flexibility index (Phi) is 4.35. The maximum absolute atomic E-state index is 10.3. The summed E-state index contributed by atoms with van der Waals surface area (Å²) in [7, 11) is 1.96. The molecular formula is C10H19NO3. The summed E-state index contributed by atoms with van der Waals surface area (Å²) in [5.41, 5.74) is 0. The fraction of sp³-hybridized carbons (Fsp3) is 0.900. The van der Waals surface area contributed by atoms with E-state index >= 15 is 0 Å². The van der Waals surface area contributed by atoms with Crippen LogP contribution in [0.25, 0.3) is 0 Å². The van der Waals surface area contributed by atoms with Crippen molar-refractivity contribution in [3.8, 4) is 0 Å². The third-order valence-electron chi connectivity index (χ3n) is 2.91. The molecule has 0 radical (unpaired) electrons. The van der Waals surface area contributed by atoms with Gasteiger partial charge in [0.05, 0.1) is 6.10 Å². The Bertz CT molecular complexity index is 196. The second kappa shape index (κ2) is 5.32. The van der Waals surface area contributed by atoms with Gasteiger partial charge in [0, 0.05) is 12.5 Å². The van der Waals surface area contributed by atoms with Crippen molar-refractivity contribution < 1.29 is 15.0 Å². The Labute approximate surface area is 84.5 Å².